The highest BCUT2D eigenvalue weighted by atomic mass is 32.1. The predicted octanol–water partition coefficient (Wildman–Crippen LogP) is 3.01. The van der Waals surface area contributed by atoms with Crippen LogP contribution in [0.3, 0.4) is 0 Å². The van der Waals surface area contributed by atoms with Crippen molar-refractivity contribution in [2.75, 3.05) is 19.5 Å². The second-order valence-corrected chi connectivity index (χ2v) is 5.51. The Bertz CT molecular complexity index is 358. The third kappa shape index (κ3) is 4.25. The highest BCUT2D eigenvalue weighted by Gasteiger charge is 2.18. The van der Waals surface area contributed by atoms with Crippen molar-refractivity contribution < 1.29 is 4.74 Å². The molecule has 96 valence electrons. The quantitative estimate of drug-likeness (QED) is 0.478. The van der Waals surface area contributed by atoms with Crippen molar-refractivity contribution in [1.29, 1.82) is 0 Å². The van der Waals surface area contributed by atoms with Crippen LogP contribution in [0.4, 0.5) is 0 Å². The van der Waals surface area contributed by atoms with Gasteiger partial charge in [-0.3, -0.25) is 0 Å². The second kappa shape index (κ2) is 6.31. The Hall–Kier alpha value is -0.670. The first-order chi connectivity index (χ1) is 7.99. The Kier molecular flexibility index (Phi) is 5.34. The molecule has 0 fully saturated rings. The van der Waals surface area contributed by atoms with Crippen LogP contribution in [0.1, 0.15) is 31.9 Å². The van der Waals surface area contributed by atoms with Gasteiger partial charge in [-0.15, -0.1) is 0 Å². The Morgan fingerprint density at radius 2 is 2.00 bits per heavy atom. The van der Waals surface area contributed by atoms with E-state index in [0.717, 1.165) is 24.6 Å². The molecule has 1 N–H and O–H groups in total. The lowest BCUT2D eigenvalue weighted by atomic mass is 9.85. The topological polar surface area (TPSA) is 21.3 Å². The summed E-state index contributed by atoms with van der Waals surface area (Å²) < 4.78 is 5.42. The van der Waals surface area contributed by atoms with Crippen molar-refractivity contribution in [2.24, 2.45) is 0 Å². The molecule has 0 aliphatic heterocycles. The van der Waals surface area contributed by atoms with Crippen LogP contribution in [-0.2, 0) is 11.8 Å². The number of ether oxygens (including phenoxy) is 1. The number of methoxy groups -OCH3 is 1. The molecule has 0 aliphatic rings. The van der Waals surface area contributed by atoms with E-state index in [1.165, 1.54) is 11.1 Å². The molecule has 0 aromatic heterocycles. The lowest BCUT2D eigenvalue weighted by Gasteiger charge is -2.23. The summed E-state index contributed by atoms with van der Waals surface area (Å²) in [6.45, 7) is 7.58. The number of nitrogens with one attached hydrogen (secondary N) is 1. The van der Waals surface area contributed by atoms with Crippen LogP contribution in [0, 0.1) is 0 Å². The molecule has 0 bridgehead atoms. The molecule has 0 spiro atoms. The smallest absolute Gasteiger partial charge is 0.122 e. The maximum atomic E-state index is 5.42. The van der Waals surface area contributed by atoms with Crippen molar-refractivity contribution in [3.05, 3.63) is 29.3 Å². The summed E-state index contributed by atoms with van der Waals surface area (Å²) in [5.41, 5.74) is 2.71. The molecule has 1 aromatic carbocycles. The zero-order valence-electron chi connectivity index (χ0n) is 11.2. The van der Waals surface area contributed by atoms with Crippen molar-refractivity contribution in [1.82, 2.24) is 5.32 Å². The largest absolute Gasteiger partial charge is 0.496 e. The first-order valence-electron chi connectivity index (χ1n) is 5.98. The first kappa shape index (κ1) is 14.4. The highest BCUT2D eigenvalue weighted by molar-refractivity contribution is 7.80. The number of hydrogen-bond donors (Lipinski definition) is 2. The van der Waals surface area contributed by atoms with Gasteiger partial charge in [-0.2, -0.15) is 12.6 Å². The van der Waals surface area contributed by atoms with Gasteiger partial charge in [0.2, 0.25) is 0 Å². The number of rotatable bonds is 5. The van der Waals surface area contributed by atoms with Crippen LogP contribution in [0.25, 0.3) is 0 Å². The molecule has 0 atom stereocenters. The van der Waals surface area contributed by atoms with Gasteiger partial charge in [0.1, 0.15) is 5.75 Å². The minimum atomic E-state index is 0.109. The minimum absolute atomic E-state index is 0.109. The Labute approximate surface area is 110 Å². The third-order valence-corrected chi connectivity index (χ3v) is 3.00. The number of hydrogen-bond acceptors (Lipinski definition) is 3. The predicted molar refractivity (Wildman–Crippen MR) is 77.3 cm³/mol. The highest BCUT2D eigenvalue weighted by Crippen LogP contribution is 2.31. The van der Waals surface area contributed by atoms with Gasteiger partial charge in [0.15, 0.2) is 0 Å². The maximum Gasteiger partial charge on any atom is 0.122 e. The molecule has 0 saturated heterocycles. The van der Waals surface area contributed by atoms with Crippen LogP contribution in [0.5, 0.6) is 5.75 Å². The summed E-state index contributed by atoms with van der Waals surface area (Å²) in [4.78, 5) is 0. The fraction of sp³-hybridized carbons (Fsp3) is 0.571. The van der Waals surface area contributed by atoms with Crippen LogP contribution >= 0.6 is 12.6 Å². The molecule has 0 amide bonds. The van der Waals surface area contributed by atoms with E-state index >= 15 is 0 Å². The minimum Gasteiger partial charge on any atom is -0.496 e. The summed E-state index contributed by atoms with van der Waals surface area (Å²) in [6, 6.07) is 6.45. The molecule has 1 rings (SSSR count). The molecule has 17 heavy (non-hydrogen) atoms. The van der Waals surface area contributed by atoms with Crippen molar-refractivity contribution in [2.45, 2.75) is 32.6 Å². The molecule has 1 aromatic rings. The average molecular weight is 253 g/mol. The maximum absolute atomic E-state index is 5.42. The van der Waals surface area contributed by atoms with Crippen LogP contribution < -0.4 is 10.1 Å². The van der Waals surface area contributed by atoms with Gasteiger partial charge in [-0.05, 0) is 35.6 Å². The fourth-order valence-electron chi connectivity index (χ4n) is 1.81. The lowest BCUT2D eigenvalue weighted by Crippen LogP contribution is -2.16. The standard InChI is InChI=1S/C14H23NOS/c1-14(2,3)12-9-11(7-8-15-10-17)5-6-13(12)16-4/h5-6,9,15,17H,7-8,10H2,1-4H3. The molecule has 0 unspecified atom stereocenters. The van der Waals surface area contributed by atoms with E-state index in [0.29, 0.717) is 0 Å². The van der Waals surface area contributed by atoms with E-state index < -0.39 is 0 Å². The molecule has 3 heteroatoms. The zero-order chi connectivity index (χ0) is 12.9. The van der Waals surface area contributed by atoms with E-state index in [1.54, 1.807) is 7.11 Å². The fourth-order valence-corrected chi connectivity index (χ4v) is 1.97. The Morgan fingerprint density at radius 3 is 2.53 bits per heavy atom. The molecular formula is C14H23NOS. The number of benzene rings is 1. The first-order valence-corrected chi connectivity index (χ1v) is 6.61. The second-order valence-electron chi connectivity index (χ2n) is 5.19. The van der Waals surface area contributed by atoms with Crippen molar-refractivity contribution in [3.8, 4) is 5.75 Å². The van der Waals surface area contributed by atoms with Gasteiger partial charge in [0.05, 0.1) is 7.11 Å². The zero-order valence-corrected chi connectivity index (χ0v) is 12.1. The lowest BCUT2D eigenvalue weighted by molar-refractivity contribution is 0.397. The summed E-state index contributed by atoms with van der Waals surface area (Å²) in [6.07, 6.45) is 1.02. The van der Waals surface area contributed by atoms with Crippen LogP contribution in [-0.4, -0.2) is 19.5 Å². The molecule has 0 radical (unpaired) electrons. The van der Waals surface area contributed by atoms with E-state index in [-0.39, 0.29) is 5.41 Å². The molecule has 0 heterocycles. The monoisotopic (exact) mass is 253 g/mol. The molecule has 2 nitrogen and oxygen atoms in total. The number of thiol groups is 1. The molecule has 0 saturated carbocycles. The normalized spacial score (nSPS) is 11.6. The van der Waals surface area contributed by atoms with E-state index in [9.17, 15) is 0 Å². The van der Waals surface area contributed by atoms with E-state index in [1.807, 2.05) is 0 Å². The van der Waals surface area contributed by atoms with Gasteiger partial charge in [0, 0.05) is 5.88 Å². The van der Waals surface area contributed by atoms with Crippen LogP contribution in [0.2, 0.25) is 0 Å². The van der Waals surface area contributed by atoms with Crippen molar-refractivity contribution in [3.63, 3.8) is 0 Å². The van der Waals surface area contributed by atoms with Gasteiger partial charge >= 0.3 is 0 Å². The SMILES string of the molecule is COc1ccc(CCNCS)cc1C(C)(C)C. The molecular weight excluding hydrogens is 230 g/mol. The van der Waals surface area contributed by atoms with Gasteiger partial charge in [-0.1, -0.05) is 32.9 Å². The van der Waals surface area contributed by atoms with Crippen molar-refractivity contribution >= 4 is 12.6 Å². The summed E-state index contributed by atoms with van der Waals surface area (Å²) in [7, 11) is 1.73. The van der Waals surface area contributed by atoms with E-state index in [4.69, 9.17) is 4.74 Å². The summed E-state index contributed by atoms with van der Waals surface area (Å²) in [5, 5.41) is 3.22. The van der Waals surface area contributed by atoms with Gasteiger partial charge in [-0.25, -0.2) is 0 Å². The van der Waals surface area contributed by atoms with Gasteiger partial charge < -0.3 is 10.1 Å². The summed E-state index contributed by atoms with van der Waals surface area (Å²) >= 11 is 4.13. The third-order valence-electron chi connectivity index (χ3n) is 2.77. The van der Waals surface area contributed by atoms with Crippen LogP contribution in [0.15, 0.2) is 18.2 Å². The van der Waals surface area contributed by atoms with E-state index in [2.05, 4.69) is 56.9 Å². The Balaban J connectivity index is 2.89. The molecule has 0 aliphatic carbocycles. The average Bonchev–Trinajstić information content (AvgIpc) is 2.28. The summed E-state index contributed by atoms with van der Waals surface area (Å²) in [5.74, 6) is 1.70. The Morgan fingerprint density at radius 1 is 1.29 bits per heavy atom. The van der Waals surface area contributed by atoms with Gasteiger partial charge in [0.25, 0.3) is 0 Å².